The second-order valence-corrected chi connectivity index (χ2v) is 14.4. The van der Waals surface area contributed by atoms with Gasteiger partial charge in [0.2, 0.25) is 0 Å². The summed E-state index contributed by atoms with van der Waals surface area (Å²) in [6.45, 7) is 16.1. The van der Waals surface area contributed by atoms with E-state index in [-0.39, 0.29) is 0 Å². The Kier molecular flexibility index (Phi) is 5.62. The van der Waals surface area contributed by atoms with Crippen molar-refractivity contribution in [2.75, 3.05) is 0 Å². The van der Waals surface area contributed by atoms with Crippen LogP contribution in [0.3, 0.4) is 0 Å². The number of hydrogen-bond donors (Lipinski definition) is 0. The van der Waals surface area contributed by atoms with E-state index in [1.807, 2.05) is 0 Å². The third-order valence-corrected chi connectivity index (χ3v) is 8.03. The molecule has 0 radical (unpaired) electrons. The molecule has 0 spiro atoms. The van der Waals surface area contributed by atoms with Gasteiger partial charge in [0.15, 0.2) is 0 Å². The lowest BCUT2D eigenvalue weighted by Crippen LogP contribution is -2.31. The number of allylic oxidation sites excluding steroid dienone is 2. The summed E-state index contributed by atoms with van der Waals surface area (Å²) in [6.07, 6.45) is 13.1. The van der Waals surface area contributed by atoms with Crippen LogP contribution in [-0.2, 0) is 0 Å². The fourth-order valence-corrected chi connectivity index (χ4v) is 6.11. The van der Waals surface area contributed by atoms with Gasteiger partial charge in [-0.05, 0) is 36.1 Å². The maximum absolute atomic E-state index is 4.37. The van der Waals surface area contributed by atoms with Crippen molar-refractivity contribution < 1.29 is 4.58 Å². The molecule has 1 aliphatic carbocycles. The molecule has 2 heteroatoms. The number of aryl methyl sites for hydroxylation is 2. The first-order chi connectivity index (χ1) is 12.3. The molecule has 0 aromatic heterocycles. The lowest BCUT2D eigenvalue weighted by atomic mass is 9.83. The van der Waals surface area contributed by atoms with E-state index < -0.39 is 8.07 Å². The van der Waals surface area contributed by atoms with Gasteiger partial charge in [0.05, 0.1) is 14.8 Å². The molecule has 1 fully saturated rings. The molecule has 140 valence electrons. The third kappa shape index (κ3) is 4.23. The molecule has 2 aliphatic rings. The fourth-order valence-electron chi connectivity index (χ4n) is 4.42. The molecule has 0 saturated heterocycles. The molecule has 26 heavy (non-hydrogen) atoms. The standard InChI is InChI=1S/C24H35NSi/c1-18-12-13-19(2)22(14-18)23-16-21(15-20-10-8-7-9-11-20)24(17-25(23)3)26(4,5)6/h12-14,16-17,20H,3,7-11,15H2,1-2,4-6H3. The van der Waals surface area contributed by atoms with E-state index in [4.69, 9.17) is 0 Å². The van der Waals surface area contributed by atoms with Crippen molar-refractivity contribution in [2.45, 2.75) is 72.0 Å². The number of nitrogens with zero attached hydrogens (tertiary/aromatic N) is 1. The molecule has 1 aliphatic heterocycles. The number of hydrogen-bond acceptors (Lipinski definition) is 0. The average molecular weight is 366 g/mol. The topological polar surface area (TPSA) is 3.01 Å². The first-order valence-corrected chi connectivity index (χ1v) is 13.7. The van der Waals surface area contributed by atoms with Crippen LogP contribution in [0.4, 0.5) is 0 Å². The first-order valence-electron chi connectivity index (χ1n) is 10.2. The quantitative estimate of drug-likeness (QED) is 0.322. The molecule has 1 aromatic rings. The predicted octanol–water partition coefficient (Wildman–Crippen LogP) is 6.57. The van der Waals surface area contributed by atoms with Crippen molar-refractivity contribution in [3.63, 3.8) is 0 Å². The van der Waals surface area contributed by atoms with Crippen LogP contribution in [0.5, 0.6) is 0 Å². The van der Waals surface area contributed by atoms with E-state index in [9.17, 15) is 0 Å². The van der Waals surface area contributed by atoms with Gasteiger partial charge >= 0.3 is 0 Å². The first kappa shape index (κ1) is 19.2. The highest BCUT2D eigenvalue weighted by Gasteiger charge is 2.30. The summed E-state index contributed by atoms with van der Waals surface area (Å²) in [6, 6.07) is 8.01. The summed E-state index contributed by atoms with van der Waals surface area (Å²) in [5.74, 6) is 0.867. The Balaban J connectivity index is 1.98. The molecule has 1 aromatic carbocycles. The zero-order valence-electron chi connectivity index (χ0n) is 17.4. The second-order valence-electron chi connectivity index (χ2n) is 9.34. The van der Waals surface area contributed by atoms with E-state index in [0.717, 1.165) is 5.92 Å². The summed E-state index contributed by atoms with van der Waals surface area (Å²) < 4.78 is 2.12. The summed E-state index contributed by atoms with van der Waals surface area (Å²) >= 11 is 0. The van der Waals surface area contributed by atoms with Gasteiger partial charge in [0, 0.05) is 0 Å². The molecule has 0 atom stereocenters. The van der Waals surface area contributed by atoms with Gasteiger partial charge in [-0.2, -0.15) is 0 Å². The zero-order chi connectivity index (χ0) is 18.9. The van der Waals surface area contributed by atoms with Crippen LogP contribution in [0.15, 0.2) is 41.2 Å². The SMILES string of the molecule is C=[N+]1C=C([Si](C)(C)C)C(CC2CCCCC2)=C[C-]1c1cc(C)ccc1C. The zero-order valence-corrected chi connectivity index (χ0v) is 18.4. The highest BCUT2D eigenvalue weighted by molar-refractivity contribution is 6.84. The van der Waals surface area contributed by atoms with E-state index in [1.54, 1.807) is 10.8 Å². The Morgan fingerprint density at radius 1 is 1.12 bits per heavy atom. The van der Waals surface area contributed by atoms with Crippen molar-refractivity contribution in [3.05, 3.63) is 64.0 Å². The highest BCUT2D eigenvalue weighted by atomic mass is 28.3. The van der Waals surface area contributed by atoms with Crippen LogP contribution in [0.2, 0.25) is 19.6 Å². The van der Waals surface area contributed by atoms with Crippen LogP contribution in [0.1, 0.15) is 55.2 Å². The van der Waals surface area contributed by atoms with Gasteiger partial charge < -0.3 is 0 Å². The van der Waals surface area contributed by atoms with E-state index in [1.165, 1.54) is 61.3 Å². The molecular weight excluding hydrogens is 330 g/mol. The molecule has 0 amide bonds. The lowest BCUT2D eigenvalue weighted by Gasteiger charge is -2.34. The fraction of sp³-hybridized carbons (Fsp3) is 0.500. The minimum Gasteiger partial charge on any atom is -0.255 e. The number of benzene rings is 1. The molecule has 0 N–H and O–H groups in total. The summed E-state index contributed by atoms with van der Waals surface area (Å²) in [5.41, 5.74) is 5.56. The van der Waals surface area contributed by atoms with Crippen LogP contribution >= 0.6 is 0 Å². The van der Waals surface area contributed by atoms with E-state index in [0.29, 0.717) is 0 Å². The Labute approximate surface area is 161 Å². The largest absolute Gasteiger partial charge is 0.255 e. The molecular formula is C24H35NSi. The molecule has 1 heterocycles. The second kappa shape index (κ2) is 7.60. The lowest BCUT2D eigenvalue weighted by molar-refractivity contribution is -0.418. The summed E-state index contributed by atoms with van der Waals surface area (Å²) in [5, 5.41) is 1.59. The van der Waals surface area contributed by atoms with Crippen LogP contribution in [0, 0.1) is 25.8 Å². The Morgan fingerprint density at radius 3 is 2.46 bits per heavy atom. The minimum absolute atomic E-state index is 0.867. The Morgan fingerprint density at radius 2 is 1.81 bits per heavy atom. The molecule has 0 unspecified atom stereocenters. The van der Waals surface area contributed by atoms with Crippen molar-refractivity contribution >= 4 is 14.8 Å². The van der Waals surface area contributed by atoms with Crippen molar-refractivity contribution in [1.29, 1.82) is 0 Å². The summed E-state index contributed by atoms with van der Waals surface area (Å²) in [4.78, 5) is 0. The van der Waals surface area contributed by atoms with Gasteiger partial charge in [-0.3, -0.25) is 4.58 Å². The third-order valence-electron chi connectivity index (χ3n) is 5.96. The van der Waals surface area contributed by atoms with Gasteiger partial charge in [-0.25, -0.2) is 0 Å². The maximum Gasteiger partial charge on any atom is 0.147 e. The van der Waals surface area contributed by atoms with Gasteiger partial charge in [-0.1, -0.05) is 93.6 Å². The predicted molar refractivity (Wildman–Crippen MR) is 116 cm³/mol. The van der Waals surface area contributed by atoms with Crippen molar-refractivity contribution in [3.8, 4) is 0 Å². The maximum atomic E-state index is 4.37. The molecule has 1 saturated carbocycles. The van der Waals surface area contributed by atoms with Crippen LogP contribution < -0.4 is 0 Å². The van der Waals surface area contributed by atoms with Gasteiger partial charge in [-0.15, -0.1) is 0 Å². The van der Waals surface area contributed by atoms with Crippen LogP contribution in [-0.4, -0.2) is 19.4 Å². The summed E-state index contributed by atoms with van der Waals surface area (Å²) in [7, 11) is -1.40. The molecule has 0 bridgehead atoms. The molecule has 3 rings (SSSR count). The van der Waals surface area contributed by atoms with Crippen molar-refractivity contribution in [2.24, 2.45) is 5.92 Å². The average Bonchev–Trinajstić information content (AvgIpc) is 2.58. The highest BCUT2D eigenvalue weighted by Crippen LogP contribution is 2.38. The smallest absolute Gasteiger partial charge is 0.147 e. The Hall–Kier alpha value is -1.54. The monoisotopic (exact) mass is 365 g/mol. The van der Waals surface area contributed by atoms with Gasteiger partial charge in [0.25, 0.3) is 0 Å². The van der Waals surface area contributed by atoms with E-state index >= 15 is 0 Å². The van der Waals surface area contributed by atoms with Gasteiger partial charge in [0.1, 0.15) is 12.2 Å². The van der Waals surface area contributed by atoms with Crippen LogP contribution in [0.25, 0.3) is 0 Å². The normalized spacial score (nSPS) is 19.4. The number of rotatable bonds is 4. The molecule has 1 nitrogen and oxygen atoms in total. The van der Waals surface area contributed by atoms with E-state index in [2.05, 4.69) is 75.3 Å². The van der Waals surface area contributed by atoms with Crippen molar-refractivity contribution in [1.82, 2.24) is 0 Å². The minimum atomic E-state index is -1.40. The Bertz CT molecular complexity index is 742.